The molecule has 3 nitrogen and oxygen atoms in total. The maximum Gasteiger partial charge on any atom is 0.217 e. The van der Waals surface area contributed by atoms with Crippen molar-refractivity contribution >= 4 is 27.7 Å². The molecule has 3 heteroatoms. The Kier molecular flexibility index (Phi) is 3.77. The Morgan fingerprint density at radius 3 is 2.40 bits per heavy atom. The minimum atomic E-state index is -0.267. The van der Waals surface area contributed by atoms with Crippen LogP contribution in [0.2, 0.25) is 0 Å². The molecule has 0 radical (unpaired) electrons. The van der Waals surface area contributed by atoms with Crippen LogP contribution in [0.3, 0.4) is 0 Å². The average molecular weight is 328 g/mol. The summed E-state index contributed by atoms with van der Waals surface area (Å²) in [4.78, 5) is 11.3. The minimum absolute atomic E-state index is 0.267. The molecule has 4 rings (SSSR count). The van der Waals surface area contributed by atoms with Crippen molar-refractivity contribution in [3.05, 3.63) is 72.3 Å². The number of carbonyl (C=O) groups excluding carboxylic acids is 1. The first-order valence-corrected chi connectivity index (χ1v) is 8.49. The smallest absolute Gasteiger partial charge is 0.217 e. The Labute approximate surface area is 146 Å². The monoisotopic (exact) mass is 328 g/mol. The van der Waals surface area contributed by atoms with E-state index in [1.165, 1.54) is 32.9 Å². The second-order valence-electron chi connectivity index (χ2n) is 6.40. The number of carbonyl (C=O) groups is 1. The molecular weight excluding hydrogens is 308 g/mol. The number of nitrogens with zero attached hydrogens (tertiary/aromatic N) is 1. The zero-order valence-electron chi connectivity index (χ0n) is 14.2. The van der Waals surface area contributed by atoms with Crippen LogP contribution in [0, 0.1) is 0 Å². The summed E-state index contributed by atoms with van der Waals surface area (Å²) >= 11 is 0. The van der Waals surface area contributed by atoms with Crippen LogP contribution in [-0.2, 0) is 18.3 Å². The van der Waals surface area contributed by atoms with Crippen molar-refractivity contribution in [1.29, 1.82) is 0 Å². The van der Waals surface area contributed by atoms with E-state index in [0.29, 0.717) is 12.8 Å². The topological polar surface area (TPSA) is 48.0 Å². The highest BCUT2D eigenvalue weighted by atomic mass is 16.1. The molecule has 0 bridgehead atoms. The van der Waals surface area contributed by atoms with E-state index in [9.17, 15) is 4.79 Å². The summed E-state index contributed by atoms with van der Waals surface area (Å²) in [5.74, 6) is -0.267. The fourth-order valence-corrected chi connectivity index (χ4v) is 3.71. The Balaban J connectivity index is 2.07. The van der Waals surface area contributed by atoms with Gasteiger partial charge in [-0.15, -0.1) is 0 Å². The number of hydrogen-bond acceptors (Lipinski definition) is 1. The molecule has 1 aromatic heterocycles. The summed E-state index contributed by atoms with van der Waals surface area (Å²) in [6.45, 7) is 0. The van der Waals surface area contributed by atoms with Gasteiger partial charge in [0.15, 0.2) is 0 Å². The summed E-state index contributed by atoms with van der Waals surface area (Å²) < 4.78 is 2.25. The van der Waals surface area contributed by atoms with Gasteiger partial charge in [0.25, 0.3) is 0 Å². The van der Waals surface area contributed by atoms with Gasteiger partial charge in [-0.05, 0) is 23.6 Å². The maximum absolute atomic E-state index is 11.3. The maximum atomic E-state index is 11.3. The zero-order valence-corrected chi connectivity index (χ0v) is 14.2. The van der Waals surface area contributed by atoms with E-state index < -0.39 is 0 Å². The summed E-state index contributed by atoms with van der Waals surface area (Å²) in [5, 5.41) is 2.48. The lowest BCUT2D eigenvalue weighted by Gasteiger charge is -2.13. The van der Waals surface area contributed by atoms with Gasteiger partial charge in [0, 0.05) is 35.3 Å². The summed E-state index contributed by atoms with van der Waals surface area (Å²) in [6, 6.07) is 23.1. The molecule has 0 atom stereocenters. The minimum Gasteiger partial charge on any atom is -0.370 e. The summed E-state index contributed by atoms with van der Waals surface area (Å²) in [7, 11) is 2.11. The SMILES string of the molecule is Cn1c2ccccc2c2ccc(CCC(N)=O)c(-c3ccccc3)c21. The second-order valence-corrected chi connectivity index (χ2v) is 6.40. The molecule has 0 spiro atoms. The summed E-state index contributed by atoms with van der Waals surface area (Å²) in [6.07, 6.45) is 1.01. The lowest BCUT2D eigenvalue weighted by atomic mass is 9.93. The van der Waals surface area contributed by atoms with Crippen molar-refractivity contribution < 1.29 is 4.79 Å². The number of hydrogen-bond donors (Lipinski definition) is 1. The predicted octanol–water partition coefficient (Wildman–Crippen LogP) is 4.42. The largest absolute Gasteiger partial charge is 0.370 e. The first-order chi connectivity index (χ1) is 12.2. The molecule has 0 aliphatic carbocycles. The fraction of sp³-hybridized carbons (Fsp3) is 0.136. The lowest BCUT2D eigenvalue weighted by Crippen LogP contribution is -2.11. The van der Waals surface area contributed by atoms with Crippen LogP contribution in [0.25, 0.3) is 32.9 Å². The van der Waals surface area contributed by atoms with Gasteiger partial charge in [-0.2, -0.15) is 0 Å². The van der Waals surface area contributed by atoms with Gasteiger partial charge in [-0.1, -0.05) is 60.7 Å². The van der Waals surface area contributed by atoms with Crippen LogP contribution in [-0.4, -0.2) is 10.5 Å². The van der Waals surface area contributed by atoms with Crippen molar-refractivity contribution in [3.8, 4) is 11.1 Å². The lowest BCUT2D eigenvalue weighted by molar-refractivity contribution is -0.117. The highest BCUT2D eigenvalue weighted by molar-refractivity contribution is 6.13. The highest BCUT2D eigenvalue weighted by Crippen LogP contribution is 2.37. The third-order valence-electron chi connectivity index (χ3n) is 4.86. The van der Waals surface area contributed by atoms with Crippen LogP contribution < -0.4 is 5.73 Å². The molecule has 4 aromatic rings. The van der Waals surface area contributed by atoms with Crippen molar-refractivity contribution in [2.24, 2.45) is 12.8 Å². The van der Waals surface area contributed by atoms with Crippen molar-refractivity contribution in [2.75, 3.05) is 0 Å². The molecule has 3 aromatic carbocycles. The van der Waals surface area contributed by atoms with Crippen molar-refractivity contribution in [3.63, 3.8) is 0 Å². The quantitative estimate of drug-likeness (QED) is 0.592. The third-order valence-corrected chi connectivity index (χ3v) is 4.86. The normalized spacial score (nSPS) is 11.2. The number of amides is 1. The molecule has 0 aliphatic rings. The number of nitrogens with two attached hydrogens (primary N) is 1. The van der Waals surface area contributed by atoms with Gasteiger partial charge in [-0.25, -0.2) is 0 Å². The standard InChI is InChI=1S/C22H20N2O/c1-24-19-10-6-5-9-17(19)18-13-11-16(12-14-20(23)25)21(22(18)24)15-7-3-2-4-8-15/h2-11,13H,12,14H2,1H3,(H2,23,25). The van der Waals surface area contributed by atoms with Crippen LogP contribution in [0.15, 0.2) is 66.7 Å². The highest BCUT2D eigenvalue weighted by Gasteiger charge is 2.16. The van der Waals surface area contributed by atoms with Gasteiger partial charge < -0.3 is 10.3 Å². The van der Waals surface area contributed by atoms with Crippen molar-refractivity contribution in [2.45, 2.75) is 12.8 Å². The van der Waals surface area contributed by atoms with E-state index in [0.717, 1.165) is 5.56 Å². The third kappa shape index (κ3) is 2.58. The van der Waals surface area contributed by atoms with Gasteiger partial charge in [0.2, 0.25) is 5.91 Å². The molecule has 1 amide bonds. The van der Waals surface area contributed by atoms with E-state index in [4.69, 9.17) is 5.73 Å². The van der Waals surface area contributed by atoms with E-state index in [-0.39, 0.29) is 5.91 Å². The second kappa shape index (κ2) is 6.10. The number of aromatic nitrogens is 1. The van der Waals surface area contributed by atoms with E-state index >= 15 is 0 Å². The van der Waals surface area contributed by atoms with Crippen LogP contribution in [0.1, 0.15) is 12.0 Å². The molecule has 0 unspecified atom stereocenters. The van der Waals surface area contributed by atoms with E-state index in [1.54, 1.807) is 0 Å². The Morgan fingerprint density at radius 1 is 0.920 bits per heavy atom. The van der Waals surface area contributed by atoms with Gasteiger partial charge in [-0.3, -0.25) is 4.79 Å². The number of fused-ring (bicyclic) bond motifs is 3. The molecular formula is C22H20N2O. The number of benzene rings is 3. The predicted molar refractivity (Wildman–Crippen MR) is 103 cm³/mol. The first-order valence-electron chi connectivity index (χ1n) is 8.49. The number of para-hydroxylation sites is 1. The van der Waals surface area contributed by atoms with E-state index in [2.05, 4.69) is 72.3 Å². The molecule has 25 heavy (non-hydrogen) atoms. The number of rotatable bonds is 4. The van der Waals surface area contributed by atoms with Gasteiger partial charge in [0.1, 0.15) is 0 Å². The molecule has 124 valence electrons. The molecule has 0 saturated carbocycles. The molecule has 0 fully saturated rings. The van der Waals surface area contributed by atoms with Crippen LogP contribution in [0.5, 0.6) is 0 Å². The van der Waals surface area contributed by atoms with Crippen molar-refractivity contribution in [1.82, 2.24) is 4.57 Å². The zero-order chi connectivity index (χ0) is 17.4. The van der Waals surface area contributed by atoms with Gasteiger partial charge >= 0.3 is 0 Å². The van der Waals surface area contributed by atoms with Crippen LogP contribution >= 0.6 is 0 Å². The Morgan fingerprint density at radius 2 is 1.64 bits per heavy atom. The fourth-order valence-electron chi connectivity index (χ4n) is 3.71. The average Bonchev–Trinajstić information content (AvgIpc) is 2.93. The van der Waals surface area contributed by atoms with E-state index in [1.807, 2.05) is 6.07 Å². The molecule has 0 aliphatic heterocycles. The van der Waals surface area contributed by atoms with Gasteiger partial charge in [0.05, 0.1) is 5.52 Å². The molecule has 1 heterocycles. The number of primary amides is 1. The Hall–Kier alpha value is -3.07. The number of aryl methyl sites for hydroxylation is 2. The summed E-state index contributed by atoms with van der Waals surface area (Å²) in [5.41, 5.74) is 11.3. The van der Waals surface area contributed by atoms with Crippen LogP contribution in [0.4, 0.5) is 0 Å². The molecule has 0 saturated heterocycles. The Bertz CT molecular complexity index is 1080. The molecule has 2 N–H and O–H groups in total. The first kappa shape index (κ1) is 15.5.